The Morgan fingerprint density at radius 2 is 1.52 bits per heavy atom. The van der Waals surface area contributed by atoms with Gasteiger partial charge in [0.1, 0.15) is 0 Å². The Balaban J connectivity index is 1.55. The first-order valence-electron chi connectivity index (χ1n) is 10.2. The third-order valence-corrected chi connectivity index (χ3v) is 5.29. The quantitative estimate of drug-likeness (QED) is 0.752. The minimum absolute atomic E-state index is 0.00474. The summed E-state index contributed by atoms with van der Waals surface area (Å²) in [7, 11) is 0. The molecule has 1 saturated heterocycles. The second-order valence-corrected chi connectivity index (χ2v) is 8.21. The van der Waals surface area contributed by atoms with E-state index < -0.39 is 0 Å². The lowest BCUT2D eigenvalue weighted by Crippen LogP contribution is -2.26. The first-order valence-corrected chi connectivity index (χ1v) is 10.2. The predicted octanol–water partition coefficient (Wildman–Crippen LogP) is 4.97. The summed E-state index contributed by atoms with van der Waals surface area (Å²) < 4.78 is 0. The Hall–Kier alpha value is -2.13. The van der Waals surface area contributed by atoms with Crippen LogP contribution in [0.4, 0.5) is 0 Å². The van der Waals surface area contributed by atoms with Gasteiger partial charge in [-0.15, -0.1) is 0 Å². The summed E-state index contributed by atoms with van der Waals surface area (Å²) >= 11 is 0. The van der Waals surface area contributed by atoms with Gasteiger partial charge in [-0.05, 0) is 74.0 Å². The van der Waals surface area contributed by atoms with Gasteiger partial charge in [-0.2, -0.15) is 0 Å². The van der Waals surface area contributed by atoms with Crippen molar-refractivity contribution in [1.29, 1.82) is 0 Å². The highest BCUT2D eigenvalue weighted by atomic mass is 16.1. The predicted molar refractivity (Wildman–Crippen MR) is 112 cm³/mol. The third-order valence-electron chi connectivity index (χ3n) is 5.29. The maximum absolute atomic E-state index is 12.6. The van der Waals surface area contributed by atoms with Gasteiger partial charge in [-0.25, -0.2) is 0 Å². The molecule has 1 aliphatic heterocycles. The number of likely N-dealkylation sites (tertiary alicyclic amines) is 1. The fourth-order valence-corrected chi connectivity index (χ4v) is 3.74. The Bertz CT molecular complexity index is 728. The zero-order valence-corrected chi connectivity index (χ0v) is 16.9. The van der Waals surface area contributed by atoms with Gasteiger partial charge in [-0.1, -0.05) is 50.2 Å². The van der Waals surface area contributed by atoms with Crippen molar-refractivity contribution in [1.82, 2.24) is 10.2 Å². The maximum atomic E-state index is 12.6. The van der Waals surface area contributed by atoms with Crippen molar-refractivity contribution in [3.05, 3.63) is 70.8 Å². The third kappa shape index (κ3) is 5.67. The molecule has 3 heteroatoms. The van der Waals surface area contributed by atoms with Crippen molar-refractivity contribution in [3.63, 3.8) is 0 Å². The van der Waals surface area contributed by atoms with E-state index in [1.54, 1.807) is 0 Å². The van der Waals surface area contributed by atoms with Crippen LogP contribution in [-0.4, -0.2) is 23.9 Å². The van der Waals surface area contributed by atoms with Gasteiger partial charge >= 0.3 is 0 Å². The monoisotopic (exact) mass is 364 g/mol. The highest BCUT2D eigenvalue weighted by Crippen LogP contribution is 2.17. The molecule has 0 bridgehead atoms. The van der Waals surface area contributed by atoms with Gasteiger partial charge in [0.25, 0.3) is 5.91 Å². The number of benzene rings is 2. The zero-order valence-electron chi connectivity index (χ0n) is 16.9. The SMILES string of the molecule is CC(C)Cc1ccc(C(C)NC(=O)c2ccc(CN3CCCC3)cc2)cc1. The normalized spacial score (nSPS) is 15.9. The van der Waals surface area contributed by atoms with Crippen LogP contribution >= 0.6 is 0 Å². The Labute approximate surface area is 163 Å². The topological polar surface area (TPSA) is 32.3 Å². The van der Waals surface area contributed by atoms with Crippen molar-refractivity contribution in [2.45, 2.75) is 52.6 Å². The number of carbonyl (C=O) groups excluding carboxylic acids is 1. The van der Waals surface area contributed by atoms with Gasteiger partial charge in [0.2, 0.25) is 0 Å². The smallest absolute Gasteiger partial charge is 0.251 e. The Morgan fingerprint density at radius 3 is 2.11 bits per heavy atom. The summed E-state index contributed by atoms with van der Waals surface area (Å²) in [6.07, 6.45) is 3.69. The molecule has 1 N–H and O–H groups in total. The zero-order chi connectivity index (χ0) is 19.2. The summed E-state index contributed by atoms with van der Waals surface area (Å²) in [5.41, 5.74) is 4.49. The minimum atomic E-state index is -0.0125. The molecule has 0 spiro atoms. The van der Waals surface area contributed by atoms with Gasteiger partial charge in [0, 0.05) is 12.1 Å². The van der Waals surface area contributed by atoms with E-state index in [1.165, 1.54) is 37.1 Å². The molecule has 1 unspecified atom stereocenters. The summed E-state index contributed by atoms with van der Waals surface area (Å²) in [6, 6.07) is 16.6. The summed E-state index contributed by atoms with van der Waals surface area (Å²) in [5, 5.41) is 3.12. The molecule has 3 rings (SSSR count). The molecule has 27 heavy (non-hydrogen) atoms. The molecule has 1 aliphatic rings. The fourth-order valence-electron chi connectivity index (χ4n) is 3.74. The van der Waals surface area contributed by atoms with E-state index in [0.29, 0.717) is 5.92 Å². The number of nitrogens with zero attached hydrogens (tertiary/aromatic N) is 1. The summed E-state index contributed by atoms with van der Waals surface area (Å²) in [5.74, 6) is 0.642. The van der Waals surface area contributed by atoms with Crippen LogP contribution in [0.1, 0.15) is 66.7 Å². The van der Waals surface area contributed by atoms with Gasteiger partial charge < -0.3 is 5.32 Å². The highest BCUT2D eigenvalue weighted by Gasteiger charge is 2.14. The van der Waals surface area contributed by atoms with Crippen LogP contribution in [0.15, 0.2) is 48.5 Å². The molecule has 0 aliphatic carbocycles. The number of hydrogen-bond donors (Lipinski definition) is 1. The molecule has 3 nitrogen and oxygen atoms in total. The van der Waals surface area contributed by atoms with E-state index in [9.17, 15) is 4.79 Å². The molecule has 2 aromatic carbocycles. The molecule has 144 valence electrons. The number of amides is 1. The minimum Gasteiger partial charge on any atom is -0.346 e. The standard InChI is InChI=1S/C24H32N2O/c1-18(2)16-20-6-10-22(11-7-20)19(3)25-24(27)23-12-8-21(9-13-23)17-26-14-4-5-15-26/h6-13,18-19H,4-5,14-17H2,1-3H3,(H,25,27). The first-order chi connectivity index (χ1) is 13.0. The van der Waals surface area contributed by atoms with Gasteiger partial charge in [-0.3, -0.25) is 9.69 Å². The van der Waals surface area contributed by atoms with E-state index >= 15 is 0 Å². The molecule has 1 atom stereocenters. The van der Waals surface area contributed by atoms with E-state index in [1.807, 2.05) is 19.1 Å². The lowest BCUT2D eigenvalue weighted by Gasteiger charge is -2.16. The molecule has 1 fully saturated rings. The van der Waals surface area contributed by atoms with E-state index in [2.05, 4.69) is 60.5 Å². The number of hydrogen-bond acceptors (Lipinski definition) is 2. The van der Waals surface area contributed by atoms with Gasteiger partial charge in [0.05, 0.1) is 6.04 Å². The van der Waals surface area contributed by atoms with Gasteiger partial charge in [0.15, 0.2) is 0 Å². The van der Waals surface area contributed by atoms with Crippen molar-refractivity contribution < 1.29 is 4.79 Å². The first kappa shape index (κ1) is 19.6. The molecule has 1 amide bonds. The van der Waals surface area contributed by atoms with Crippen molar-refractivity contribution in [2.75, 3.05) is 13.1 Å². The number of rotatable bonds is 7. The molecular formula is C24H32N2O. The molecule has 0 radical (unpaired) electrons. The molecular weight excluding hydrogens is 332 g/mol. The molecule has 0 aromatic heterocycles. The number of nitrogens with one attached hydrogen (secondary N) is 1. The Kier molecular flexibility index (Phi) is 6.68. The summed E-state index contributed by atoms with van der Waals surface area (Å²) in [6.45, 7) is 9.86. The largest absolute Gasteiger partial charge is 0.346 e. The van der Waals surface area contributed by atoms with Crippen LogP contribution in [0.2, 0.25) is 0 Å². The van der Waals surface area contributed by atoms with Crippen molar-refractivity contribution >= 4 is 5.91 Å². The van der Waals surface area contributed by atoms with Crippen molar-refractivity contribution in [3.8, 4) is 0 Å². The lowest BCUT2D eigenvalue weighted by atomic mass is 10.00. The van der Waals surface area contributed by atoms with Crippen LogP contribution < -0.4 is 5.32 Å². The summed E-state index contributed by atoms with van der Waals surface area (Å²) in [4.78, 5) is 15.0. The number of carbonyl (C=O) groups is 1. The fraction of sp³-hybridized carbons (Fsp3) is 0.458. The second kappa shape index (κ2) is 9.18. The molecule has 2 aromatic rings. The maximum Gasteiger partial charge on any atom is 0.251 e. The van der Waals surface area contributed by atoms with Crippen LogP contribution in [0, 0.1) is 5.92 Å². The van der Waals surface area contributed by atoms with E-state index in [4.69, 9.17) is 0 Å². The van der Waals surface area contributed by atoms with Crippen LogP contribution in [0.25, 0.3) is 0 Å². The molecule has 1 heterocycles. The van der Waals surface area contributed by atoms with Crippen LogP contribution in [-0.2, 0) is 13.0 Å². The highest BCUT2D eigenvalue weighted by molar-refractivity contribution is 5.94. The lowest BCUT2D eigenvalue weighted by molar-refractivity contribution is 0.0940. The average Bonchev–Trinajstić information content (AvgIpc) is 3.15. The molecule has 0 saturated carbocycles. The van der Waals surface area contributed by atoms with Crippen LogP contribution in [0.3, 0.4) is 0 Å². The average molecular weight is 365 g/mol. The Morgan fingerprint density at radius 1 is 0.926 bits per heavy atom. The second-order valence-electron chi connectivity index (χ2n) is 8.21. The van der Waals surface area contributed by atoms with E-state index in [0.717, 1.165) is 24.1 Å². The van der Waals surface area contributed by atoms with Crippen LogP contribution in [0.5, 0.6) is 0 Å². The van der Waals surface area contributed by atoms with Crippen molar-refractivity contribution in [2.24, 2.45) is 5.92 Å². The van der Waals surface area contributed by atoms with E-state index in [-0.39, 0.29) is 11.9 Å².